The Balaban J connectivity index is 0.00000243. The number of ether oxygens (including phenoxy) is 1. The fourth-order valence-electron chi connectivity index (χ4n) is 4.47. The lowest BCUT2D eigenvalue weighted by Gasteiger charge is -2.39. The van der Waals surface area contributed by atoms with Gasteiger partial charge < -0.3 is 38.3 Å². The van der Waals surface area contributed by atoms with Gasteiger partial charge in [-0.05, 0) is 43.4 Å². The molecule has 1 aromatic carbocycles. The quantitative estimate of drug-likeness (QED) is 0.397. The minimum Gasteiger partial charge on any atom is -1.00 e. The van der Waals surface area contributed by atoms with E-state index in [4.69, 9.17) is 4.74 Å². The minimum atomic E-state index is -0.619. The number of quaternary nitrogens is 1. The maximum Gasteiger partial charge on any atom is 0.316 e. The molecule has 0 spiro atoms. The maximum absolute atomic E-state index is 13.3. The van der Waals surface area contributed by atoms with Crippen molar-refractivity contribution >= 4 is 5.97 Å². The molecular formula is C21H32INO3. The zero-order chi connectivity index (χ0) is 18.1. The van der Waals surface area contributed by atoms with Gasteiger partial charge in [0.15, 0.2) is 0 Å². The third kappa shape index (κ3) is 4.53. The molecule has 1 atom stereocenters. The first-order chi connectivity index (χ1) is 11.8. The highest BCUT2D eigenvalue weighted by atomic mass is 127. The summed E-state index contributed by atoms with van der Waals surface area (Å²) in [6.45, 7) is 4.15. The molecule has 146 valence electrons. The molecule has 0 aromatic heterocycles. The second-order valence-electron chi connectivity index (χ2n) is 8.72. The average molecular weight is 473 g/mol. The number of phenolic OH excluding ortho intramolecular Hbond substituents is 1. The van der Waals surface area contributed by atoms with Crippen LogP contribution in [0.2, 0.25) is 0 Å². The SMILES string of the molecule is CC(C(=O)OC1CC[N+](C)(C)CC1)(c1ccc(O)cc1)C1CCCC1.[I-]. The van der Waals surface area contributed by atoms with Crippen molar-refractivity contribution in [1.29, 1.82) is 0 Å². The minimum absolute atomic E-state index is 0. The van der Waals surface area contributed by atoms with Gasteiger partial charge in [-0.2, -0.15) is 0 Å². The molecule has 0 amide bonds. The van der Waals surface area contributed by atoms with Crippen LogP contribution in [0, 0.1) is 5.92 Å². The summed E-state index contributed by atoms with van der Waals surface area (Å²) in [6.07, 6.45) is 6.42. The Bertz CT molecular complexity index is 600. The van der Waals surface area contributed by atoms with E-state index in [-0.39, 0.29) is 41.8 Å². The Hall–Kier alpha value is -0.820. The number of nitrogens with zero attached hydrogens (tertiary/aromatic N) is 1. The molecule has 0 radical (unpaired) electrons. The molecule has 5 heteroatoms. The van der Waals surface area contributed by atoms with Crippen molar-refractivity contribution in [2.45, 2.75) is 57.0 Å². The predicted molar refractivity (Wildman–Crippen MR) is 98.4 cm³/mol. The van der Waals surface area contributed by atoms with Crippen LogP contribution in [0.4, 0.5) is 0 Å². The van der Waals surface area contributed by atoms with Gasteiger partial charge in [0.1, 0.15) is 11.9 Å². The Morgan fingerprint density at radius 2 is 1.62 bits per heavy atom. The van der Waals surface area contributed by atoms with E-state index in [1.165, 1.54) is 12.8 Å². The highest BCUT2D eigenvalue weighted by Crippen LogP contribution is 2.44. The Morgan fingerprint density at radius 1 is 1.08 bits per heavy atom. The largest absolute Gasteiger partial charge is 1.00 e. The molecule has 0 bridgehead atoms. The van der Waals surface area contributed by atoms with Crippen LogP contribution in [0.25, 0.3) is 0 Å². The number of piperidine rings is 1. The highest BCUT2D eigenvalue weighted by molar-refractivity contribution is 5.83. The van der Waals surface area contributed by atoms with Gasteiger partial charge in [-0.25, -0.2) is 0 Å². The van der Waals surface area contributed by atoms with Gasteiger partial charge in [-0.15, -0.1) is 0 Å². The van der Waals surface area contributed by atoms with Crippen LogP contribution in [0.5, 0.6) is 5.75 Å². The topological polar surface area (TPSA) is 46.5 Å². The van der Waals surface area contributed by atoms with Crippen molar-refractivity contribution in [3.8, 4) is 5.75 Å². The first kappa shape index (κ1) is 21.5. The number of benzene rings is 1. The number of carbonyl (C=O) groups excluding carboxylic acids is 1. The maximum atomic E-state index is 13.3. The van der Waals surface area contributed by atoms with Crippen LogP contribution in [0.1, 0.15) is 51.0 Å². The third-order valence-corrected chi connectivity index (χ3v) is 6.45. The molecule has 1 saturated heterocycles. The molecule has 1 saturated carbocycles. The van der Waals surface area contributed by atoms with E-state index in [0.29, 0.717) is 5.92 Å². The Labute approximate surface area is 174 Å². The van der Waals surface area contributed by atoms with Crippen LogP contribution in [0.15, 0.2) is 24.3 Å². The van der Waals surface area contributed by atoms with Gasteiger partial charge in [-0.1, -0.05) is 25.0 Å². The Morgan fingerprint density at radius 3 is 2.15 bits per heavy atom. The van der Waals surface area contributed by atoms with Crippen LogP contribution < -0.4 is 24.0 Å². The highest BCUT2D eigenvalue weighted by Gasteiger charge is 2.46. The summed E-state index contributed by atoms with van der Waals surface area (Å²) in [6, 6.07) is 7.12. The van der Waals surface area contributed by atoms with Crippen LogP contribution in [-0.4, -0.2) is 48.8 Å². The van der Waals surface area contributed by atoms with Crippen LogP contribution >= 0.6 is 0 Å². The zero-order valence-electron chi connectivity index (χ0n) is 16.2. The second kappa shape index (κ2) is 8.46. The van der Waals surface area contributed by atoms with Crippen molar-refractivity contribution in [2.75, 3.05) is 27.2 Å². The molecule has 1 aliphatic carbocycles. The first-order valence-corrected chi connectivity index (χ1v) is 9.64. The van der Waals surface area contributed by atoms with E-state index in [9.17, 15) is 9.90 Å². The fraction of sp³-hybridized carbons (Fsp3) is 0.667. The number of halogens is 1. The molecular weight excluding hydrogens is 441 g/mol. The normalized spacial score (nSPS) is 23.0. The molecule has 1 N–H and O–H groups in total. The number of carbonyl (C=O) groups is 1. The summed E-state index contributed by atoms with van der Waals surface area (Å²) < 4.78 is 7.04. The summed E-state index contributed by atoms with van der Waals surface area (Å²) in [5, 5.41) is 9.62. The van der Waals surface area contributed by atoms with Crippen molar-refractivity contribution in [1.82, 2.24) is 0 Å². The summed E-state index contributed by atoms with van der Waals surface area (Å²) in [7, 11) is 4.47. The lowest BCUT2D eigenvalue weighted by molar-refractivity contribution is -0.896. The van der Waals surface area contributed by atoms with Crippen molar-refractivity contribution in [3.63, 3.8) is 0 Å². The van der Waals surface area contributed by atoms with Crippen molar-refractivity contribution in [3.05, 3.63) is 29.8 Å². The van der Waals surface area contributed by atoms with Crippen LogP contribution in [-0.2, 0) is 14.9 Å². The standard InChI is InChI=1S/C21H31NO3.HI/c1-21(16-6-4-5-7-16,17-8-10-18(23)11-9-17)20(24)25-19-12-14-22(2,3)15-13-19;/h8-11,16,19H,4-7,12-15H2,1-3H3;1H. The van der Waals surface area contributed by atoms with E-state index in [1.807, 2.05) is 19.1 Å². The molecule has 1 unspecified atom stereocenters. The number of phenols is 1. The zero-order valence-corrected chi connectivity index (χ0v) is 18.4. The van der Waals surface area contributed by atoms with Gasteiger partial charge in [0.2, 0.25) is 0 Å². The molecule has 4 nitrogen and oxygen atoms in total. The first-order valence-electron chi connectivity index (χ1n) is 9.64. The summed E-state index contributed by atoms with van der Waals surface area (Å²) in [5.74, 6) is 0.473. The summed E-state index contributed by atoms with van der Waals surface area (Å²) >= 11 is 0. The molecule has 1 aliphatic heterocycles. The number of rotatable bonds is 4. The summed E-state index contributed by atoms with van der Waals surface area (Å²) in [5.41, 5.74) is 0.348. The van der Waals surface area contributed by atoms with Gasteiger partial charge in [0.25, 0.3) is 0 Å². The van der Waals surface area contributed by atoms with E-state index in [2.05, 4.69) is 14.1 Å². The monoisotopic (exact) mass is 473 g/mol. The van der Waals surface area contributed by atoms with E-state index < -0.39 is 5.41 Å². The molecule has 3 rings (SSSR count). The molecule has 1 heterocycles. The van der Waals surface area contributed by atoms with Crippen molar-refractivity contribution in [2.24, 2.45) is 5.92 Å². The fourth-order valence-corrected chi connectivity index (χ4v) is 4.47. The number of aromatic hydroxyl groups is 1. The third-order valence-electron chi connectivity index (χ3n) is 6.45. The number of hydrogen-bond donors (Lipinski definition) is 1. The van der Waals surface area contributed by atoms with E-state index >= 15 is 0 Å². The molecule has 2 aliphatic rings. The van der Waals surface area contributed by atoms with Crippen LogP contribution in [0.3, 0.4) is 0 Å². The van der Waals surface area contributed by atoms with Crippen molar-refractivity contribution < 1.29 is 43.1 Å². The number of esters is 1. The molecule has 26 heavy (non-hydrogen) atoms. The van der Waals surface area contributed by atoms with Gasteiger partial charge in [-0.3, -0.25) is 4.79 Å². The van der Waals surface area contributed by atoms with Gasteiger partial charge in [0.05, 0.1) is 32.6 Å². The van der Waals surface area contributed by atoms with E-state index in [1.54, 1.807) is 12.1 Å². The van der Waals surface area contributed by atoms with Gasteiger partial charge in [0, 0.05) is 12.8 Å². The summed E-state index contributed by atoms with van der Waals surface area (Å²) in [4.78, 5) is 13.3. The average Bonchev–Trinajstić information content (AvgIpc) is 3.11. The predicted octanol–water partition coefficient (Wildman–Crippen LogP) is 0.626. The lowest BCUT2D eigenvalue weighted by atomic mass is 9.71. The molecule has 1 aromatic rings. The number of likely N-dealkylation sites (tertiary alicyclic amines) is 1. The second-order valence-corrected chi connectivity index (χ2v) is 8.72. The van der Waals surface area contributed by atoms with E-state index in [0.717, 1.165) is 48.8 Å². The lowest BCUT2D eigenvalue weighted by Crippen LogP contribution is -3.00. The Kier molecular flexibility index (Phi) is 6.99. The van der Waals surface area contributed by atoms with Gasteiger partial charge >= 0.3 is 5.97 Å². The number of hydrogen-bond acceptors (Lipinski definition) is 3. The smallest absolute Gasteiger partial charge is 0.316 e. The molecule has 2 fully saturated rings.